The normalized spacial score (nSPS) is 10.1. The van der Waals surface area contributed by atoms with Crippen LogP contribution >= 0.6 is 11.3 Å². The van der Waals surface area contributed by atoms with Crippen molar-refractivity contribution in [2.75, 3.05) is 20.8 Å². The maximum atomic E-state index is 12.2. The molecule has 0 fully saturated rings. The van der Waals surface area contributed by atoms with E-state index in [1.54, 1.807) is 18.2 Å². The molecule has 0 N–H and O–H groups in total. The molecule has 0 amide bonds. The Morgan fingerprint density at radius 1 is 1.14 bits per heavy atom. The minimum Gasteiger partial charge on any atom is -0.497 e. The van der Waals surface area contributed by atoms with Crippen LogP contribution in [0, 0.1) is 0 Å². The summed E-state index contributed by atoms with van der Waals surface area (Å²) < 4.78 is 15.3. The Labute approximate surface area is 132 Å². The van der Waals surface area contributed by atoms with E-state index in [0.717, 1.165) is 5.56 Å². The highest BCUT2D eigenvalue weighted by Crippen LogP contribution is 2.24. The van der Waals surface area contributed by atoms with Gasteiger partial charge in [-0.05, 0) is 40.6 Å². The number of hydrogen-bond acceptors (Lipinski definition) is 6. The van der Waals surface area contributed by atoms with Gasteiger partial charge in [-0.2, -0.15) is 11.3 Å². The van der Waals surface area contributed by atoms with Crippen molar-refractivity contribution in [2.24, 2.45) is 0 Å². The summed E-state index contributed by atoms with van der Waals surface area (Å²) in [5, 5.41) is 3.75. The molecule has 0 atom stereocenters. The molecule has 5 nitrogen and oxygen atoms in total. The van der Waals surface area contributed by atoms with Crippen molar-refractivity contribution in [3.05, 3.63) is 46.2 Å². The number of thiophene rings is 1. The maximum Gasteiger partial charge on any atom is 0.310 e. The first-order valence-electron chi connectivity index (χ1n) is 6.56. The van der Waals surface area contributed by atoms with Gasteiger partial charge in [0.05, 0.1) is 26.2 Å². The Kier molecular flexibility index (Phi) is 5.55. The van der Waals surface area contributed by atoms with Gasteiger partial charge in [-0.1, -0.05) is 0 Å². The second kappa shape index (κ2) is 7.61. The summed E-state index contributed by atoms with van der Waals surface area (Å²) in [6, 6.07) is 6.74. The van der Waals surface area contributed by atoms with E-state index in [4.69, 9.17) is 14.2 Å². The fourth-order valence-electron chi connectivity index (χ4n) is 1.87. The Morgan fingerprint density at radius 2 is 1.95 bits per heavy atom. The number of ether oxygens (including phenoxy) is 3. The van der Waals surface area contributed by atoms with Crippen LogP contribution in [0.4, 0.5) is 0 Å². The molecule has 0 spiro atoms. The summed E-state index contributed by atoms with van der Waals surface area (Å²) in [5.41, 5.74) is 1.20. The van der Waals surface area contributed by atoms with Crippen molar-refractivity contribution >= 4 is 23.1 Å². The zero-order valence-electron chi connectivity index (χ0n) is 12.3. The lowest BCUT2D eigenvalue weighted by Gasteiger charge is -2.10. The van der Waals surface area contributed by atoms with Crippen LogP contribution in [0.15, 0.2) is 35.0 Å². The lowest BCUT2D eigenvalue weighted by molar-refractivity contribution is -0.141. The molecule has 0 saturated heterocycles. The average Bonchev–Trinajstić information content (AvgIpc) is 3.04. The van der Waals surface area contributed by atoms with Crippen LogP contribution in [0.1, 0.15) is 15.9 Å². The second-order valence-electron chi connectivity index (χ2n) is 4.46. The molecule has 0 aliphatic rings. The maximum absolute atomic E-state index is 12.2. The summed E-state index contributed by atoms with van der Waals surface area (Å²) in [4.78, 5) is 23.9. The lowest BCUT2D eigenvalue weighted by Crippen LogP contribution is -2.16. The van der Waals surface area contributed by atoms with E-state index in [9.17, 15) is 9.59 Å². The summed E-state index contributed by atoms with van der Waals surface area (Å²) in [7, 11) is 2.98. The molecule has 2 aromatic rings. The van der Waals surface area contributed by atoms with Gasteiger partial charge in [-0.3, -0.25) is 9.59 Å². The number of methoxy groups -OCH3 is 2. The topological polar surface area (TPSA) is 61.8 Å². The first-order chi connectivity index (χ1) is 10.6. The van der Waals surface area contributed by atoms with Crippen molar-refractivity contribution in [3.8, 4) is 11.5 Å². The van der Waals surface area contributed by atoms with E-state index in [2.05, 4.69) is 0 Å². The zero-order chi connectivity index (χ0) is 15.9. The summed E-state index contributed by atoms with van der Waals surface area (Å²) in [6.45, 7) is -0.327. The molecule has 116 valence electrons. The van der Waals surface area contributed by atoms with E-state index >= 15 is 0 Å². The van der Waals surface area contributed by atoms with Gasteiger partial charge >= 0.3 is 5.97 Å². The zero-order valence-corrected chi connectivity index (χ0v) is 13.1. The van der Waals surface area contributed by atoms with Crippen LogP contribution in [0.2, 0.25) is 0 Å². The lowest BCUT2D eigenvalue weighted by atomic mass is 10.1. The van der Waals surface area contributed by atoms with Gasteiger partial charge in [-0.25, -0.2) is 0 Å². The first-order valence-corrected chi connectivity index (χ1v) is 7.50. The van der Waals surface area contributed by atoms with E-state index in [1.807, 2.05) is 16.8 Å². The van der Waals surface area contributed by atoms with Crippen LogP contribution in [-0.2, 0) is 16.0 Å². The molecule has 0 aliphatic heterocycles. The number of benzene rings is 1. The summed E-state index contributed by atoms with van der Waals surface area (Å²) in [6.07, 6.45) is 0.159. The van der Waals surface area contributed by atoms with Gasteiger partial charge < -0.3 is 14.2 Å². The monoisotopic (exact) mass is 320 g/mol. The number of carbonyl (C=O) groups excluding carboxylic acids is 2. The Hall–Kier alpha value is -2.34. The number of esters is 1. The number of rotatable bonds is 7. The molecule has 0 bridgehead atoms. The third-order valence-corrected chi connectivity index (χ3v) is 3.73. The Morgan fingerprint density at radius 3 is 2.59 bits per heavy atom. The van der Waals surface area contributed by atoms with Crippen molar-refractivity contribution in [3.63, 3.8) is 0 Å². The number of Topliss-reactive ketones (excluding diaryl/α,β-unsaturated/α-hetero) is 1. The molecule has 6 heteroatoms. The molecule has 22 heavy (non-hydrogen) atoms. The fourth-order valence-corrected chi connectivity index (χ4v) is 2.54. The second-order valence-corrected chi connectivity index (χ2v) is 5.24. The van der Waals surface area contributed by atoms with Crippen LogP contribution in [0.25, 0.3) is 0 Å². The third kappa shape index (κ3) is 4.08. The molecule has 1 heterocycles. The van der Waals surface area contributed by atoms with Gasteiger partial charge in [-0.15, -0.1) is 0 Å². The summed E-state index contributed by atoms with van der Waals surface area (Å²) in [5.74, 6) is 0.177. The summed E-state index contributed by atoms with van der Waals surface area (Å²) >= 11 is 1.51. The van der Waals surface area contributed by atoms with E-state index in [-0.39, 0.29) is 18.8 Å². The third-order valence-electron chi connectivity index (χ3n) is 3.00. The molecule has 1 aromatic carbocycles. The SMILES string of the molecule is COc1ccc(OC)c(C(=O)COC(=O)Cc2ccsc2)c1. The van der Waals surface area contributed by atoms with Crippen LogP contribution in [0.3, 0.4) is 0 Å². The Bertz CT molecular complexity index is 649. The number of carbonyl (C=O) groups is 2. The van der Waals surface area contributed by atoms with Crippen molar-refractivity contribution in [2.45, 2.75) is 6.42 Å². The molecule has 0 saturated carbocycles. The highest BCUT2D eigenvalue weighted by molar-refractivity contribution is 7.07. The molecule has 0 aliphatic carbocycles. The van der Waals surface area contributed by atoms with Crippen LogP contribution < -0.4 is 9.47 Å². The molecular weight excluding hydrogens is 304 g/mol. The predicted octanol–water partition coefficient (Wildman–Crippen LogP) is 2.73. The van der Waals surface area contributed by atoms with Crippen molar-refractivity contribution < 1.29 is 23.8 Å². The predicted molar refractivity (Wildman–Crippen MR) is 82.9 cm³/mol. The molecule has 2 rings (SSSR count). The largest absolute Gasteiger partial charge is 0.497 e. The minimum atomic E-state index is -0.436. The van der Waals surface area contributed by atoms with Gasteiger partial charge in [0.2, 0.25) is 5.78 Å². The van der Waals surface area contributed by atoms with Crippen molar-refractivity contribution in [1.29, 1.82) is 0 Å². The number of ketones is 1. The van der Waals surface area contributed by atoms with E-state index < -0.39 is 5.97 Å². The van der Waals surface area contributed by atoms with Gasteiger partial charge in [0, 0.05) is 0 Å². The molecular formula is C16H16O5S. The van der Waals surface area contributed by atoms with Crippen LogP contribution in [-0.4, -0.2) is 32.6 Å². The highest BCUT2D eigenvalue weighted by Gasteiger charge is 2.16. The van der Waals surface area contributed by atoms with Gasteiger partial charge in [0.25, 0.3) is 0 Å². The van der Waals surface area contributed by atoms with Crippen LogP contribution in [0.5, 0.6) is 11.5 Å². The fraction of sp³-hybridized carbons (Fsp3) is 0.250. The number of hydrogen-bond donors (Lipinski definition) is 0. The molecule has 0 unspecified atom stereocenters. The smallest absolute Gasteiger partial charge is 0.310 e. The van der Waals surface area contributed by atoms with E-state index in [1.165, 1.54) is 25.6 Å². The molecule has 0 radical (unpaired) electrons. The van der Waals surface area contributed by atoms with Gasteiger partial charge in [0.15, 0.2) is 6.61 Å². The van der Waals surface area contributed by atoms with E-state index in [0.29, 0.717) is 17.1 Å². The highest BCUT2D eigenvalue weighted by atomic mass is 32.1. The molecule has 1 aromatic heterocycles. The van der Waals surface area contributed by atoms with Crippen molar-refractivity contribution in [1.82, 2.24) is 0 Å². The average molecular weight is 320 g/mol. The Balaban J connectivity index is 1.98. The first kappa shape index (κ1) is 16.0. The minimum absolute atomic E-state index is 0.159. The quantitative estimate of drug-likeness (QED) is 0.580. The van der Waals surface area contributed by atoms with Gasteiger partial charge in [0.1, 0.15) is 11.5 Å². The standard InChI is InChI=1S/C16H16O5S/c1-19-12-3-4-15(20-2)13(8-12)14(17)9-21-16(18)7-11-5-6-22-10-11/h3-6,8,10H,7,9H2,1-2H3.